The fourth-order valence-corrected chi connectivity index (χ4v) is 6.56. The highest BCUT2D eigenvalue weighted by Gasteiger charge is 2.37. The molecule has 7 nitrogen and oxygen atoms in total. The maximum absolute atomic E-state index is 13.5. The van der Waals surface area contributed by atoms with Gasteiger partial charge in [0.25, 0.3) is 5.56 Å². The number of halogens is 1. The summed E-state index contributed by atoms with van der Waals surface area (Å²) in [7, 11) is 7.36. The summed E-state index contributed by atoms with van der Waals surface area (Å²) in [6, 6.07) is 13.5. The van der Waals surface area contributed by atoms with Gasteiger partial charge in [0, 0.05) is 32.4 Å². The molecule has 0 radical (unpaired) electrons. The summed E-state index contributed by atoms with van der Waals surface area (Å²) in [5.41, 5.74) is 2.68. The van der Waals surface area contributed by atoms with Gasteiger partial charge in [-0.15, -0.1) is 11.8 Å². The second-order valence-corrected chi connectivity index (χ2v) is 10.5. The molecule has 4 aromatic rings. The van der Waals surface area contributed by atoms with E-state index in [2.05, 4.69) is 23.6 Å². The molecule has 0 fully saturated rings. The Labute approximate surface area is 200 Å². The maximum atomic E-state index is 13.5. The number of aromatic nitrogens is 3. The molecule has 1 aliphatic heterocycles. The second kappa shape index (κ2) is 8.27. The van der Waals surface area contributed by atoms with Crippen molar-refractivity contribution in [1.29, 1.82) is 0 Å². The van der Waals surface area contributed by atoms with Gasteiger partial charge in [-0.2, -0.15) is 0 Å². The van der Waals surface area contributed by atoms with Gasteiger partial charge in [0.15, 0.2) is 5.22 Å². The first kappa shape index (κ1) is 22.1. The number of aryl methyl sites for hydroxylation is 1. The van der Waals surface area contributed by atoms with E-state index in [1.165, 1.54) is 11.6 Å². The van der Waals surface area contributed by atoms with E-state index in [0.717, 1.165) is 23.5 Å². The van der Waals surface area contributed by atoms with Crippen LogP contribution >= 0.6 is 23.4 Å². The van der Waals surface area contributed by atoms with Crippen molar-refractivity contribution in [3.63, 3.8) is 0 Å². The number of thioether (sulfide) groups is 1. The summed E-state index contributed by atoms with van der Waals surface area (Å²) in [6.07, 6.45) is 0. The van der Waals surface area contributed by atoms with Crippen LogP contribution in [0.4, 0.5) is 0 Å². The lowest BCUT2D eigenvalue weighted by molar-refractivity contribution is 0.388. The van der Waals surface area contributed by atoms with Crippen molar-refractivity contribution in [1.82, 2.24) is 18.6 Å². The Morgan fingerprint density at radius 1 is 1.09 bits per heavy atom. The molecule has 5 rings (SSSR count). The van der Waals surface area contributed by atoms with Crippen LogP contribution in [0.15, 0.2) is 56.5 Å². The van der Waals surface area contributed by atoms with Gasteiger partial charge in [-0.1, -0.05) is 30.3 Å². The standard InChI is InChI=1S/C24H25ClN4O3S/c1-26(2)12-15-13-29-19(14-8-6-5-7-9-14)18-20(27(3)24(31)28(4)23(18)30)21(29)22(33-15)16-10-11-17(25)32-16/h5-11,15,22H,12-13H2,1-4H3/t15-,22+/m1/s1. The van der Waals surface area contributed by atoms with Crippen LogP contribution in [0, 0.1) is 0 Å². The molecular formula is C24H25ClN4O3S. The molecule has 33 heavy (non-hydrogen) atoms. The molecule has 0 saturated carbocycles. The molecule has 0 saturated heterocycles. The maximum Gasteiger partial charge on any atom is 0.331 e. The number of fused-ring (bicyclic) bond motifs is 3. The minimum Gasteiger partial charge on any atom is -0.448 e. The SMILES string of the molecule is CN(C)C[C@@H]1Cn2c(-c3ccccc3)c3c(=O)n(C)c(=O)n(C)c3c2[C@H](c2ccc(Cl)o2)S1. The smallest absolute Gasteiger partial charge is 0.331 e. The fourth-order valence-electron chi connectivity index (χ4n) is 4.77. The van der Waals surface area contributed by atoms with Crippen LogP contribution in [0.2, 0.25) is 5.22 Å². The van der Waals surface area contributed by atoms with Gasteiger partial charge < -0.3 is 13.9 Å². The lowest BCUT2D eigenvalue weighted by Crippen LogP contribution is -2.37. The van der Waals surface area contributed by atoms with Crippen molar-refractivity contribution in [3.8, 4) is 11.3 Å². The summed E-state index contributed by atoms with van der Waals surface area (Å²) in [4.78, 5) is 28.6. The first-order valence-corrected chi connectivity index (χ1v) is 12.0. The van der Waals surface area contributed by atoms with Crippen molar-refractivity contribution >= 4 is 34.3 Å². The molecule has 9 heteroatoms. The van der Waals surface area contributed by atoms with Crippen LogP contribution in [0.5, 0.6) is 0 Å². The Kier molecular flexibility index (Phi) is 5.55. The summed E-state index contributed by atoms with van der Waals surface area (Å²) < 4.78 is 10.9. The molecule has 1 aromatic carbocycles. The van der Waals surface area contributed by atoms with Gasteiger partial charge in [-0.05, 0) is 43.4 Å². The minimum absolute atomic E-state index is 0.214. The zero-order chi connectivity index (χ0) is 23.4. The molecule has 0 spiro atoms. The predicted octanol–water partition coefficient (Wildman–Crippen LogP) is 3.72. The zero-order valence-electron chi connectivity index (χ0n) is 18.9. The Balaban J connectivity index is 1.92. The van der Waals surface area contributed by atoms with Gasteiger partial charge in [-0.3, -0.25) is 13.9 Å². The van der Waals surface area contributed by atoms with Crippen LogP contribution in [-0.4, -0.2) is 44.5 Å². The number of hydrogen-bond donors (Lipinski definition) is 0. The van der Waals surface area contributed by atoms with Crippen LogP contribution < -0.4 is 11.2 Å². The molecule has 2 atom stereocenters. The summed E-state index contributed by atoms with van der Waals surface area (Å²) in [5, 5.41) is 0.894. The molecule has 1 aliphatic rings. The van der Waals surface area contributed by atoms with Gasteiger partial charge >= 0.3 is 5.69 Å². The van der Waals surface area contributed by atoms with E-state index in [1.807, 2.05) is 36.4 Å². The van der Waals surface area contributed by atoms with Crippen molar-refractivity contribution in [2.75, 3.05) is 20.6 Å². The molecular weight excluding hydrogens is 460 g/mol. The highest BCUT2D eigenvalue weighted by atomic mass is 35.5. The summed E-state index contributed by atoms with van der Waals surface area (Å²) in [5.74, 6) is 0.710. The van der Waals surface area contributed by atoms with E-state index in [9.17, 15) is 9.59 Å². The minimum atomic E-state index is -0.350. The van der Waals surface area contributed by atoms with Crippen LogP contribution in [-0.2, 0) is 20.6 Å². The van der Waals surface area contributed by atoms with Crippen molar-refractivity contribution < 1.29 is 4.42 Å². The molecule has 3 aromatic heterocycles. The van der Waals surface area contributed by atoms with E-state index >= 15 is 0 Å². The molecule has 0 bridgehead atoms. The van der Waals surface area contributed by atoms with E-state index in [1.54, 1.807) is 29.4 Å². The first-order chi connectivity index (χ1) is 15.8. The Bertz CT molecular complexity index is 1470. The monoisotopic (exact) mass is 484 g/mol. The first-order valence-electron chi connectivity index (χ1n) is 10.7. The molecule has 172 valence electrons. The van der Waals surface area contributed by atoms with Crippen molar-refractivity contribution in [2.45, 2.75) is 17.0 Å². The van der Waals surface area contributed by atoms with E-state index in [0.29, 0.717) is 28.4 Å². The Hall–Kier alpha value is -2.68. The second-order valence-electron chi connectivity index (χ2n) is 8.68. The van der Waals surface area contributed by atoms with Crippen LogP contribution in [0.3, 0.4) is 0 Å². The van der Waals surface area contributed by atoms with Gasteiger partial charge in [0.1, 0.15) is 11.0 Å². The van der Waals surface area contributed by atoms with Gasteiger partial charge in [0.2, 0.25) is 0 Å². The average Bonchev–Trinajstić information content (AvgIpc) is 3.37. The molecule has 0 unspecified atom stereocenters. The normalized spacial score (nSPS) is 18.2. The van der Waals surface area contributed by atoms with Crippen LogP contribution in [0.25, 0.3) is 22.2 Å². The number of hydrogen-bond acceptors (Lipinski definition) is 5. The highest BCUT2D eigenvalue weighted by Crippen LogP contribution is 2.49. The quantitative estimate of drug-likeness (QED) is 0.441. The van der Waals surface area contributed by atoms with Crippen molar-refractivity contribution in [2.24, 2.45) is 14.1 Å². The summed E-state index contributed by atoms with van der Waals surface area (Å²) >= 11 is 7.93. The Morgan fingerprint density at radius 2 is 1.82 bits per heavy atom. The number of benzene rings is 1. The molecule has 4 heterocycles. The third kappa shape index (κ3) is 3.57. The predicted molar refractivity (Wildman–Crippen MR) is 133 cm³/mol. The van der Waals surface area contributed by atoms with Crippen molar-refractivity contribution in [3.05, 3.63) is 80.0 Å². The van der Waals surface area contributed by atoms with E-state index in [-0.39, 0.29) is 21.7 Å². The van der Waals surface area contributed by atoms with E-state index in [4.69, 9.17) is 16.0 Å². The number of nitrogens with zero attached hydrogens (tertiary/aromatic N) is 4. The van der Waals surface area contributed by atoms with E-state index < -0.39 is 0 Å². The number of rotatable bonds is 4. The van der Waals surface area contributed by atoms with Crippen LogP contribution in [0.1, 0.15) is 16.7 Å². The summed E-state index contributed by atoms with van der Waals surface area (Å²) in [6.45, 7) is 1.56. The lowest BCUT2D eigenvalue weighted by Gasteiger charge is -2.33. The fraction of sp³-hybridized carbons (Fsp3) is 0.333. The number of furan rings is 1. The van der Waals surface area contributed by atoms with Gasteiger partial charge in [-0.25, -0.2) is 4.79 Å². The third-order valence-corrected chi connectivity index (χ3v) is 7.75. The highest BCUT2D eigenvalue weighted by molar-refractivity contribution is 8.00. The Morgan fingerprint density at radius 3 is 2.45 bits per heavy atom. The molecule has 0 amide bonds. The van der Waals surface area contributed by atoms with Gasteiger partial charge in [0.05, 0.1) is 22.3 Å². The largest absolute Gasteiger partial charge is 0.448 e. The molecule has 0 N–H and O–H groups in total. The lowest BCUT2D eigenvalue weighted by atomic mass is 10.1. The third-order valence-electron chi connectivity index (χ3n) is 6.14. The molecule has 0 aliphatic carbocycles. The topological polar surface area (TPSA) is 65.3 Å². The zero-order valence-corrected chi connectivity index (χ0v) is 20.5. The average molecular weight is 485 g/mol.